The number of allylic oxidation sites excluding steroid dienone is 1. The van der Waals surface area contributed by atoms with Gasteiger partial charge in [0.1, 0.15) is 5.60 Å². The van der Waals surface area contributed by atoms with Crippen molar-refractivity contribution >= 4 is 15.9 Å². The van der Waals surface area contributed by atoms with Crippen molar-refractivity contribution in [3.8, 4) is 10.8 Å². The monoisotopic (exact) mass is 420 g/mol. The van der Waals surface area contributed by atoms with Crippen LogP contribution in [-0.2, 0) is 9.47 Å². The van der Waals surface area contributed by atoms with Crippen molar-refractivity contribution in [3.63, 3.8) is 0 Å². The number of aliphatic hydroxyl groups is 1. The third kappa shape index (κ3) is 2.37. The lowest BCUT2D eigenvalue weighted by atomic mass is 9.50. The van der Waals surface area contributed by atoms with Gasteiger partial charge in [0.2, 0.25) is 0 Å². The quantitative estimate of drug-likeness (QED) is 0.470. The van der Waals surface area contributed by atoms with Crippen molar-refractivity contribution in [3.05, 3.63) is 12.2 Å². The van der Waals surface area contributed by atoms with E-state index in [-0.39, 0.29) is 5.41 Å². The SMILES string of the molecule is C[C@]12CC[C@@H]3[C@H]4C=CC5(C[C@@H]4CC[C@H]3[C@@H]1CC[C@]2(O)C#CBr)OCCO5. The molecule has 0 aromatic rings. The number of rotatable bonds is 0. The molecular formula is C22H29BrO3. The Morgan fingerprint density at radius 3 is 2.65 bits per heavy atom. The average Bonchev–Trinajstić information content (AvgIpc) is 3.18. The highest BCUT2D eigenvalue weighted by Crippen LogP contribution is 2.65. The highest BCUT2D eigenvalue weighted by Gasteiger charge is 2.62. The molecule has 4 fully saturated rings. The molecule has 1 aliphatic heterocycles. The number of ether oxygens (including phenoxy) is 2. The zero-order chi connectivity index (χ0) is 18.0. The molecule has 1 saturated heterocycles. The van der Waals surface area contributed by atoms with E-state index < -0.39 is 11.4 Å². The Morgan fingerprint density at radius 1 is 1.08 bits per heavy atom. The fourth-order valence-corrected chi connectivity index (χ4v) is 7.70. The molecule has 4 heteroatoms. The molecule has 7 atom stereocenters. The first-order valence-corrected chi connectivity index (χ1v) is 11.1. The summed E-state index contributed by atoms with van der Waals surface area (Å²) in [5, 5.41) is 11.3. The summed E-state index contributed by atoms with van der Waals surface area (Å²) in [4.78, 5) is 2.83. The molecule has 3 nitrogen and oxygen atoms in total. The first kappa shape index (κ1) is 17.7. The molecule has 0 bridgehead atoms. The van der Waals surface area contributed by atoms with Crippen LogP contribution in [0.1, 0.15) is 51.9 Å². The minimum atomic E-state index is -0.818. The molecule has 1 spiro atoms. The summed E-state index contributed by atoms with van der Waals surface area (Å²) >= 11 is 3.23. The Kier molecular flexibility index (Phi) is 4.15. The summed E-state index contributed by atoms with van der Waals surface area (Å²) in [6.07, 6.45) is 12.5. The molecular weight excluding hydrogens is 392 g/mol. The van der Waals surface area contributed by atoms with Crippen molar-refractivity contribution in [1.29, 1.82) is 0 Å². The van der Waals surface area contributed by atoms with Crippen LogP contribution in [0.3, 0.4) is 0 Å². The molecule has 0 unspecified atom stereocenters. The second-order valence-corrected chi connectivity index (χ2v) is 9.89. The van der Waals surface area contributed by atoms with E-state index in [0.717, 1.165) is 50.7 Å². The molecule has 3 saturated carbocycles. The topological polar surface area (TPSA) is 38.7 Å². The summed E-state index contributed by atoms with van der Waals surface area (Å²) in [6, 6.07) is 0. The van der Waals surface area contributed by atoms with Crippen LogP contribution in [0.2, 0.25) is 0 Å². The maximum absolute atomic E-state index is 11.3. The van der Waals surface area contributed by atoms with Gasteiger partial charge in [-0.25, -0.2) is 0 Å². The summed E-state index contributed by atoms with van der Waals surface area (Å²) in [5.41, 5.74) is -0.875. The highest BCUT2D eigenvalue weighted by molar-refractivity contribution is 9.12. The van der Waals surface area contributed by atoms with Crippen molar-refractivity contribution in [2.75, 3.05) is 13.2 Å². The molecule has 5 aliphatic rings. The van der Waals surface area contributed by atoms with Gasteiger partial charge in [-0.15, -0.1) is 0 Å². The molecule has 142 valence electrons. The van der Waals surface area contributed by atoms with E-state index in [0.29, 0.717) is 17.8 Å². The second-order valence-electron chi connectivity index (χ2n) is 9.50. The van der Waals surface area contributed by atoms with E-state index in [1.165, 1.54) is 19.3 Å². The van der Waals surface area contributed by atoms with Crippen LogP contribution in [0, 0.1) is 45.8 Å². The first-order chi connectivity index (χ1) is 12.5. The van der Waals surface area contributed by atoms with Gasteiger partial charge in [-0.3, -0.25) is 0 Å². The second kappa shape index (κ2) is 6.08. The van der Waals surface area contributed by atoms with Crippen LogP contribution < -0.4 is 0 Å². The summed E-state index contributed by atoms with van der Waals surface area (Å²) < 4.78 is 11.9. The molecule has 1 N–H and O–H groups in total. The van der Waals surface area contributed by atoms with Gasteiger partial charge in [0, 0.05) is 27.8 Å². The van der Waals surface area contributed by atoms with Gasteiger partial charge in [-0.2, -0.15) is 0 Å². The highest BCUT2D eigenvalue weighted by atomic mass is 79.9. The molecule has 0 aromatic carbocycles. The normalized spacial score (nSPS) is 51.3. The molecule has 0 radical (unpaired) electrons. The largest absolute Gasteiger partial charge is 0.377 e. The van der Waals surface area contributed by atoms with Gasteiger partial charge in [-0.1, -0.05) is 18.9 Å². The third-order valence-corrected chi connectivity index (χ3v) is 8.90. The van der Waals surface area contributed by atoms with Gasteiger partial charge < -0.3 is 14.6 Å². The summed E-state index contributed by atoms with van der Waals surface area (Å²) in [6.45, 7) is 3.75. The average molecular weight is 421 g/mol. The fraction of sp³-hybridized carbons (Fsp3) is 0.818. The minimum absolute atomic E-state index is 0.0565. The van der Waals surface area contributed by atoms with E-state index in [9.17, 15) is 5.11 Å². The molecule has 26 heavy (non-hydrogen) atoms. The van der Waals surface area contributed by atoms with E-state index in [4.69, 9.17) is 9.47 Å². The van der Waals surface area contributed by atoms with Crippen LogP contribution in [0.25, 0.3) is 0 Å². The van der Waals surface area contributed by atoms with E-state index in [1.807, 2.05) is 0 Å². The molecule has 0 amide bonds. The lowest BCUT2D eigenvalue weighted by molar-refractivity contribution is -0.153. The Hall–Kier alpha value is -0.340. The Balaban J connectivity index is 1.41. The minimum Gasteiger partial charge on any atom is -0.377 e. The van der Waals surface area contributed by atoms with Crippen LogP contribution in [0.5, 0.6) is 0 Å². The zero-order valence-corrected chi connectivity index (χ0v) is 17.1. The van der Waals surface area contributed by atoms with Crippen LogP contribution in [-0.4, -0.2) is 29.7 Å². The number of hydrogen-bond donors (Lipinski definition) is 1. The van der Waals surface area contributed by atoms with Crippen molar-refractivity contribution in [1.82, 2.24) is 0 Å². The molecule has 1 heterocycles. The predicted molar refractivity (Wildman–Crippen MR) is 103 cm³/mol. The Labute approximate surface area is 165 Å². The maximum Gasteiger partial charge on any atom is 0.188 e. The number of halogens is 1. The Morgan fingerprint density at radius 2 is 1.88 bits per heavy atom. The van der Waals surface area contributed by atoms with Gasteiger partial charge in [0.25, 0.3) is 0 Å². The zero-order valence-electron chi connectivity index (χ0n) is 15.5. The Bertz CT molecular complexity index is 673. The first-order valence-electron chi connectivity index (χ1n) is 10.3. The van der Waals surface area contributed by atoms with E-state index in [1.54, 1.807) is 0 Å². The molecule has 0 aromatic heterocycles. The lowest BCUT2D eigenvalue weighted by Crippen LogP contribution is -2.53. The van der Waals surface area contributed by atoms with Gasteiger partial charge in [-0.05, 0) is 79.0 Å². The van der Waals surface area contributed by atoms with E-state index >= 15 is 0 Å². The van der Waals surface area contributed by atoms with Crippen LogP contribution >= 0.6 is 15.9 Å². The number of fused-ring (bicyclic) bond motifs is 5. The van der Waals surface area contributed by atoms with E-state index in [2.05, 4.69) is 45.8 Å². The third-order valence-electron chi connectivity index (χ3n) is 8.70. The van der Waals surface area contributed by atoms with Crippen molar-refractivity contribution in [2.45, 2.75) is 63.3 Å². The van der Waals surface area contributed by atoms with Gasteiger partial charge in [0.05, 0.1) is 13.2 Å². The number of hydrogen-bond acceptors (Lipinski definition) is 3. The van der Waals surface area contributed by atoms with Crippen LogP contribution in [0.15, 0.2) is 12.2 Å². The van der Waals surface area contributed by atoms with Crippen LogP contribution in [0.4, 0.5) is 0 Å². The predicted octanol–water partition coefficient (Wildman–Crippen LogP) is 4.25. The maximum atomic E-state index is 11.3. The molecule has 4 aliphatic carbocycles. The van der Waals surface area contributed by atoms with Crippen molar-refractivity contribution in [2.24, 2.45) is 35.0 Å². The lowest BCUT2D eigenvalue weighted by Gasteiger charge is -2.56. The van der Waals surface area contributed by atoms with Crippen molar-refractivity contribution < 1.29 is 14.6 Å². The summed E-state index contributed by atoms with van der Waals surface area (Å²) in [7, 11) is 0. The summed E-state index contributed by atoms with van der Waals surface area (Å²) in [5.74, 6) is 6.13. The van der Waals surface area contributed by atoms with Gasteiger partial charge >= 0.3 is 0 Å². The molecule has 5 rings (SSSR count). The fourth-order valence-electron chi connectivity index (χ4n) is 7.37. The smallest absolute Gasteiger partial charge is 0.188 e. The van der Waals surface area contributed by atoms with Gasteiger partial charge in [0.15, 0.2) is 5.79 Å². The standard InChI is InChI=1S/C22H29BrO3/c1-20-7-4-17-16-5-9-22(25-12-13-26-22)14-15(16)2-3-18(17)19(20)6-8-21(20,24)10-11-23/h5,9,15-19,24H,2-4,6-8,12-14H2,1H3/t15-,16-,17+,18+,19-,20-,21-/m0/s1.